The van der Waals surface area contributed by atoms with Crippen molar-refractivity contribution in [2.24, 2.45) is 17.6 Å². The first-order chi connectivity index (χ1) is 8.39. The Morgan fingerprint density at radius 2 is 2.11 bits per heavy atom. The van der Waals surface area contributed by atoms with E-state index in [4.69, 9.17) is 5.73 Å². The van der Waals surface area contributed by atoms with E-state index < -0.39 is 5.54 Å². The lowest BCUT2D eigenvalue weighted by Gasteiger charge is -2.30. The van der Waals surface area contributed by atoms with Crippen molar-refractivity contribution < 1.29 is 0 Å². The van der Waals surface area contributed by atoms with Gasteiger partial charge in [-0.25, -0.2) is 0 Å². The molecule has 3 heteroatoms. The van der Waals surface area contributed by atoms with Gasteiger partial charge in [0.2, 0.25) is 0 Å². The van der Waals surface area contributed by atoms with Crippen molar-refractivity contribution in [3.63, 3.8) is 0 Å². The van der Waals surface area contributed by atoms with Crippen molar-refractivity contribution in [1.29, 1.82) is 5.26 Å². The van der Waals surface area contributed by atoms with Crippen LogP contribution in [-0.2, 0) is 0 Å². The van der Waals surface area contributed by atoms with Crippen LogP contribution in [0.4, 0.5) is 0 Å². The molecule has 104 valence electrons. The molecule has 0 bridgehead atoms. The molecule has 1 rings (SSSR count). The Morgan fingerprint density at radius 3 is 2.67 bits per heavy atom. The largest absolute Gasteiger partial charge is 0.313 e. The Bertz CT molecular complexity index is 295. The van der Waals surface area contributed by atoms with Gasteiger partial charge >= 0.3 is 0 Å². The Hall–Kier alpha value is -0.590. The third kappa shape index (κ3) is 3.96. The normalized spacial score (nSPS) is 29.8. The fourth-order valence-corrected chi connectivity index (χ4v) is 3.09. The van der Waals surface area contributed by atoms with Crippen molar-refractivity contribution in [2.75, 3.05) is 13.6 Å². The topological polar surface area (TPSA) is 53.0 Å². The van der Waals surface area contributed by atoms with Gasteiger partial charge in [-0.3, -0.25) is 0 Å². The fourth-order valence-electron chi connectivity index (χ4n) is 3.09. The molecule has 3 unspecified atom stereocenters. The maximum absolute atomic E-state index is 9.20. The molecule has 3 nitrogen and oxygen atoms in total. The molecule has 1 fully saturated rings. The van der Waals surface area contributed by atoms with Crippen LogP contribution in [0.1, 0.15) is 52.9 Å². The summed E-state index contributed by atoms with van der Waals surface area (Å²) in [5.41, 5.74) is 5.61. The van der Waals surface area contributed by atoms with Crippen LogP contribution in [-0.4, -0.2) is 30.1 Å². The van der Waals surface area contributed by atoms with Crippen LogP contribution >= 0.6 is 0 Å². The number of nitriles is 1. The highest BCUT2D eigenvalue weighted by atomic mass is 15.1. The molecule has 0 aromatic carbocycles. The molecule has 0 aliphatic heterocycles. The summed E-state index contributed by atoms with van der Waals surface area (Å²) < 4.78 is 0. The Morgan fingerprint density at radius 1 is 1.44 bits per heavy atom. The molecule has 0 saturated heterocycles. The third-order valence-electron chi connectivity index (χ3n) is 4.47. The molecular weight excluding hydrogens is 222 g/mol. The predicted octanol–water partition coefficient (Wildman–Crippen LogP) is 2.76. The highest BCUT2D eigenvalue weighted by Gasteiger charge is 2.39. The first kappa shape index (κ1) is 15.5. The van der Waals surface area contributed by atoms with E-state index in [-0.39, 0.29) is 0 Å². The molecule has 0 heterocycles. The van der Waals surface area contributed by atoms with Gasteiger partial charge in [0.1, 0.15) is 5.54 Å². The molecule has 0 aromatic rings. The van der Waals surface area contributed by atoms with E-state index in [1.54, 1.807) is 0 Å². The van der Waals surface area contributed by atoms with Gasteiger partial charge in [0.15, 0.2) is 0 Å². The van der Waals surface area contributed by atoms with Gasteiger partial charge in [-0.15, -0.1) is 0 Å². The highest BCUT2D eigenvalue weighted by Crippen LogP contribution is 2.35. The molecular formula is C15H29N3. The van der Waals surface area contributed by atoms with Gasteiger partial charge in [-0.1, -0.05) is 20.3 Å². The second kappa shape index (κ2) is 6.54. The fraction of sp³-hybridized carbons (Fsp3) is 0.933. The van der Waals surface area contributed by atoms with E-state index >= 15 is 0 Å². The molecule has 0 aromatic heterocycles. The predicted molar refractivity (Wildman–Crippen MR) is 76.0 cm³/mol. The average molecular weight is 251 g/mol. The molecule has 0 radical (unpaired) electrons. The second-order valence-corrected chi connectivity index (χ2v) is 6.49. The minimum absolute atomic E-state index is 0.385. The van der Waals surface area contributed by atoms with Crippen LogP contribution < -0.4 is 5.73 Å². The molecule has 1 saturated carbocycles. The lowest BCUT2D eigenvalue weighted by Crippen LogP contribution is -2.43. The Labute approximate surface area is 112 Å². The minimum Gasteiger partial charge on any atom is -0.313 e. The summed E-state index contributed by atoms with van der Waals surface area (Å²) in [6, 6.07) is 2.95. The van der Waals surface area contributed by atoms with Crippen LogP contribution in [0, 0.1) is 23.2 Å². The summed E-state index contributed by atoms with van der Waals surface area (Å²) in [5, 5.41) is 9.20. The summed E-state index contributed by atoms with van der Waals surface area (Å²) >= 11 is 0. The van der Waals surface area contributed by atoms with Crippen molar-refractivity contribution in [3.8, 4) is 6.07 Å². The van der Waals surface area contributed by atoms with Crippen LogP contribution in [0.15, 0.2) is 0 Å². The molecule has 1 aliphatic rings. The van der Waals surface area contributed by atoms with Gasteiger partial charge in [0, 0.05) is 6.04 Å². The quantitative estimate of drug-likeness (QED) is 0.789. The zero-order valence-corrected chi connectivity index (χ0v) is 12.4. The highest BCUT2D eigenvalue weighted by molar-refractivity contribution is 5.11. The van der Waals surface area contributed by atoms with Crippen molar-refractivity contribution in [1.82, 2.24) is 4.90 Å². The molecule has 2 N–H and O–H groups in total. The van der Waals surface area contributed by atoms with E-state index in [0.29, 0.717) is 12.0 Å². The van der Waals surface area contributed by atoms with Gasteiger partial charge in [-0.05, 0) is 58.0 Å². The van der Waals surface area contributed by atoms with Crippen LogP contribution in [0.2, 0.25) is 0 Å². The summed E-state index contributed by atoms with van der Waals surface area (Å²) in [6.45, 7) is 7.87. The van der Waals surface area contributed by atoms with Crippen LogP contribution in [0.5, 0.6) is 0 Å². The van der Waals surface area contributed by atoms with Crippen molar-refractivity contribution >= 4 is 0 Å². The van der Waals surface area contributed by atoms with Crippen molar-refractivity contribution in [2.45, 2.75) is 64.5 Å². The monoisotopic (exact) mass is 251 g/mol. The maximum atomic E-state index is 9.20. The van der Waals surface area contributed by atoms with Crippen LogP contribution in [0.3, 0.4) is 0 Å². The zero-order chi connectivity index (χ0) is 13.8. The van der Waals surface area contributed by atoms with E-state index in [1.165, 1.54) is 6.42 Å². The van der Waals surface area contributed by atoms with Gasteiger partial charge < -0.3 is 10.6 Å². The average Bonchev–Trinajstić information content (AvgIpc) is 2.67. The SMILES string of the molecule is CC(C)CC(C)N(C)CCC1CCCC1(N)C#N. The summed E-state index contributed by atoms with van der Waals surface area (Å²) in [4.78, 5) is 2.41. The van der Waals surface area contributed by atoms with E-state index in [2.05, 4.69) is 38.8 Å². The third-order valence-corrected chi connectivity index (χ3v) is 4.47. The van der Waals surface area contributed by atoms with Gasteiger partial charge in [0.25, 0.3) is 0 Å². The minimum atomic E-state index is -0.553. The summed E-state index contributed by atoms with van der Waals surface area (Å²) in [5.74, 6) is 1.12. The standard InChI is InChI=1S/C15H29N3/c1-12(2)10-13(3)18(4)9-7-14-6-5-8-15(14,17)11-16/h12-14H,5-10,17H2,1-4H3. The van der Waals surface area contributed by atoms with E-state index in [9.17, 15) is 5.26 Å². The summed E-state index contributed by atoms with van der Waals surface area (Å²) in [7, 11) is 2.19. The lowest BCUT2D eigenvalue weighted by molar-refractivity contribution is 0.204. The second-order valence-electron chi connectivity index (χ2n) is 6.49. The molecule has 3 atom stereocenters. The molecule has 0 spiro atoms. The molecule has 1 aliphatic carbocycles. The first-order valence-corrected chi connectivity index (χ1v) is 7.29. The number of nitrogens with two attached hydrogens (primary N) is 1. The smallest absolute Gasteiger partial charge is 0.107 e. The molecule has 18 heavy (non-hydrogen) atoms. The summed E-state index contributed by atoms with van der Waals surface area (Å²) in [6.07, 6.45) is 5.39. The number of rotatable bonds is 6. The molecule has 0 amide bonds. The Kier molecular flexibility index (Phi) is 5.62. The van der Waals surface area contributed by atoms with E-state index in [1.807, 2.05) is 0 Å². The lowest BCUT2D eigenvalue weighted by atomic mass is 9.87. The van der Waals surface area contributed by atoms with E-state index in [0.717, 1.165) is 38.1 Å². The zero-order valence-electron chi connectivity index (χ0n) is 12.4. The van der Waals surface area contributed by atoms with Gasteiger partial charge in [-0.2, -0.15) is 5.26 Å². The van der Waals surface area contributed by atoms with Gasteiger partial charge in [0.05, 0.1) is 6.07 Å². The maximum Gasteiger partial charge on any atom is 0.107 e. The Balaban J connectivity index is 2.39. The van der Waals surface area contributed by atoms with Crippen LogP contribution in [0.25, 0.3) is 0 Å². The number of nitrogens with zero attached hydrogens (tertiary/aromatic N) is 2. The van der Waals surface area contributed by atoms with Crippen molar-refractivity contribution in [3.05, 3.63) is 0 Å². The first-order valence-electron chi connectivity index (χ1n) is 7.29. The number of hydrogen-bond acceptors (Lipinski definition) is 3. The number of hydrogen-bond donors (Lipinski definition) is 1.